The normalized spacial score (nSPS) is 17.1. The number of anilines is 2. The summed E-state index contributed by atoms with van der Waals surface area (Å²) in [6.45, 7) is 4.45. The summed E-state index contributed by atoms with van der Waals surface area (Å²) in [5.74, 6) is -1.26. The first kappa shape index (κ1) is 18.4. The Hall–Kier alpha value is -2.37. The summed E-state index contributed by atoms with van der Waals surface area (Å²) in [6, 6.07) is 5.63. The number of benzene rings is 1. The van der Waals surface area contributed by atoms with Crippen LogP contribution in [0.5, 0.6) is 0 Å². The van der Waals surface area contributed by atoms with E-state index in [1.165, 1.54) is 0 Å². The molecule has 1 aromatic rings. The Morgan fingerprint density at radius 3 is 2.50 bits per heavy atom. The van der Waals surface area contributed by atoms with Crippen LogP contribution in [0.15, 0.2) is 18.2 Å². The summed E-state index contributed by atoms with van der Waals surface area (Å²) >= 11 is 0. The number of amides is 3. The van der Waals surface area contributed by atoms with Crippen LogP contribution >= 0.6 is 0 Å². The lowest BCUT2D eigenvalue weighted by Crippen LogP contribution is -2.40. The number of aryl methyl sites for hydroxylation is 1. The van der Waals surface area contributed by atoms with Gasteiger partial charge >= 0.3 is 11.8 Å². The molecule has 1 aliphatic heterocycles. The maximum Gasteiger partial charge on any atom is 0.313 e. The highest BCUT2D eigenvalue weighted by Crippen LogP contribution is 2.31. The molecule has 140 valence electrons. The van der Waals surface area contributed by atoms with E-state index in [-0.39, 0.29) is 17.9 Å². The first-order valence-corrected chi connectivity index (χ1v) is 9.52. The van der Waals surface area contributed by atoms with Crippen molar-refractivity contribution in [1.29, 1.82) is 0 Å². The van der Waals surface area contributed by atoms with E-state index in [2.05, 4.69) is 10.6 Å². The molecule has 6 heteroatoms. The van der Waals surface area contributed by atoms with Crippen molar-refractivity contribution in [2.75, 3.05) is 16.8 Å². The highest BCUT2D eigenvalue weighted by Gasteiger charge is 2.26. The van der Waals surface area contributed by atoms with Gasteiger partial charge in [0.2, 0.25) is 5.91 Å². The number of carbonyl (C=O) groups excluding carboxylic acids is 3. The molecule has 6 nitrogen and oxygen atoms in total. The van der Waals surface area contributed by atoms with Crippen LogP contribution in [0, 0.1) is 5.92 Å². The molecule has 26 heavy (non-hydrogen) atoms. The van der Waals surface area contributed by atoms with Crippen molar-refractivity contribution < 1.29 is 14.4 Å². The summed E-state index contributed by atoms with van der Waals surface area (Å²) in [5, 5.41) is 5.45. The number of rotatable bonds is 3. The Labute approximate surface area is 154 Å². The zero-order valence-corrected chi connectivity index (χ0v) is 15.5. The summed E-state index contributed by atoms with van der Waals surface area (Å²) in [7, 11) is 0. The van der Waals surface area contributed by atoms with Crippen molar-refractivity contribution in [1.82, 2.24) is 5.32 Å². The number of nitrogens with one attached hydrogen (secondary N) is 2. The second kappa shape index (κ2) is 7.89. The molecule has 0 radical (unpaired) electrons. The van der Waals surface area contributed by atoms with Crippen molar-refractivity contribution in [3.8, 4) is 0 Å². The van der Waals surface area contributed by atoms with Crippen molar-refractivity contribution in [2.24, 2.45) is 5.92 Å². The summed E-state index contributed by atoms with van der Waals surface area (Å²) in [6.07, 6.45) is 5.90. The van der Waals surface area contributed by atoms with Crippen molar-refractivity contribution in [2.45, 2.75) is 58.4 Å². The number of carbonyl (C=O) groups is 3. The van der Waals surface area contributed by atoms with Crippen LogP contribution in [-0.2, 0) is 20.8 Å². The standard InChI is InChI=1S/C20H27N3O3/c1-13(2)20(26)23-11-5-6-14-9-10-16(12-17(14)23)22-19(25)18(24)21-15-7-3-4-8-15/h9-10,12-13,15H,3-8,11H2,1-2H3,(H,21,24)(H,22,25). The van der Waals surface area contributed by atoms with Crippen LogP contribution < -0.4 is 15.5 Å². The summed E-state index contributed by atoms with van der Waals surface area (Å²) in [4.78, 5) is 38.5. The van der Waals surface area contributed by atoms with Gasteiger partial charge in [0, 0.05) is 29.9 Å². The van der Waals surface area contributed by atoms with E-state index in [1.807, 2.05) is 19.9 Å². The predicted octanol–water partition coefficient (Wildman–Crippen LogP) is 2.62. The van der Waals surface area contributed by atoms with E-state index < -0.39 is 11.8 Å². The Morgan fingerprint density at radius 1 is 1.08 bits per heavy atom. The van der Waals surface area contributed by atoms with Gasteiger partial charge in [-0.3, -0.25) is 14.4 Å². The number of fused-ring (bicyclic) bond motifs is 1. The largest absolute Gasteiger partial charge is 0.345 e. The third-order valence-electron chi connectivity index (χ3n) is 5.12. The molecule has 0 atom stereocenters. The molecular formula is C20H27N3O3. The van der Waals surface area contributed by atoms with Gasteiger partial charge in [0.05, 0.1) is 0 Å². The molecule has 2 N–H and O–H groups in total. The fourth-order valence-electron chi connectivity index (χ4n) is 3.70. The zero-order chi connectivity index (χ0) is 18.7. The van der Waals surface area contributed by atoms with Gasteiger partial charge in [-0.25, -0.2) is 0 Å². The third-order valence-corrected chi connectivity index (χ3v) is 5.12. The summed E-state index contributed by atoms with van der Waals surface area (Å²) < 4.78 is 0. The van der Waals surface area contributed by atoms with Gasteiger partial charge < -0.3 is 15.5 Å². The van der Waals surface area contributed by atoms with Crippen LogP contribution in [0.4, 0.5) is 11.4 Å². The molecular weight excluding hydrogens is 330 g/mol. The highest BCUT2D eigenvalue weighted by atomic mass is 16.2. The number of hydrogen-bond acceptors (Lipinski definition) is 3. The Morgan fingerprint density at radius 2 is 1.81 bits per heavy atom. The van der Waals surface area contributed by atoms with Gasteiger partial charge in [0.1, 0.15) is 0 Å². The van der Waals surface area contributed by atoms with E-state index in [0.717, 1.165) is 49.8 Å². The Kier molecular flexibility index (Phi) is 5.59. The lowest BCUT2D eigenvalue weighted by Gasteiger charge is -2.31. The average molecular weight is 357 g/mol. The number of hydrogen-bond donors (Lipinski definition) is 2. The molecule has 3 rings (SSSR count). The molecule has 1 fully saturated rings. The van der Waals surface area contributed by atoms with E-state index in [0.29, 0.717) is 12.2 Å². The van der Waals surface area contributed by atoms with Crippen LogP contribution in [0.2, 0.25) is 0 Å². The molecule has 2 aliphatic rings. The monoisotopic (exact) mass is 357 g/mol. The lowest BCUT2D eigenvalue weighted by molar-refractivity contribution is -0.136. The van der Waals surface area contributed by atoms with Gasteiger partial charge in [-0.15, -0.1) is 0 Å². The quantitative estimate of drug-likeness (QED) is 0.816. The van der Waals surface area contributed by atoms with Gasteiger partial charge in [0.15, 0.2) is 0 Å². The fraction of sp³-hybridized carbons (Fsp3) is 0.550. The van der Waals surface area contributed by atoms with Crippen LogP contribution in [-0.4, -0.2) is 30.3 Å². The Bertz CT molecular complexity index is 708. The van der Waals surface area contributed by atoms with E-state index in [4.69, 9.17) is 0 Å². The first-order chi connectivity index (χ1) is 12.5. The van der Waals surface area contributed by atoms with Gasteiger partial charge in [0.25, 0.3) is 0 Å². The maximum atomic E-state index is 12.5. The highest BCUT2D eigenvalue weighted by molar-refractivity contribution is 6.39. The molecule has 1 heterocycles. The Balaban J connectivity index is 1.71. The lowest BCUT2D eigenvalue weighted by atomic mass is 9.99. The minimum absolute atomic E-state index is 0.0772. The predicted molar refractivity (Wildman–Crippen MR) is 101 cm³/mol. The topological polar surface area (TPSA) is 78.5 Å². The van der Waals surface area contributed by atoms with Crippen LogP contribution in [0.25, 0.3) is 0 Å². The summed E-state index contributed by atoms with van der Waals surface area (Å²) in [5.41, 5.74) is 2.47. The van der Waals surface area contributed by atoms with E-state index >= 15 is 0 Å². The minimum Gasteiger partial charge on any atom is -0.345 e. The smallest absolute Gasteiger partial charge is 0.313 e. The number of nitrogens with zero attached hydrogens (tertiary/aromatic N) is 1. The van der Waals surface area contributed by atoms with Gasteiger partial charge in [-0.05, 0) is 43.4 Å². The van der Waals surface area contributed by atoms with Crippen LogP contribution in [0.1, 0.15) is 51.5 Å². The van der Waals surface area contributed by atoms with E-state index in [9.17, 15) is 14.4 Å². The molecule has 1 aliphatic carbocycles. The average Bonchev–Trinajstić information content (AvgIpc) is 3.13. The zero-order valence-electron chi connectivity index (χ0n) is 15.5. The molecule has 1 aromatic carbocycles. The fourth-order valence-corrected chi connectivity index (χ4v) is 3.70. The molecule has 0 unspecified atom stereocenters. The molecule has 0 spiro atoms. The second-order valence-corrected chi connectivity index (χ2v) is 7.50. The molecule has 3 amide bonds. The van der Waals surface area contributed by atoms with Gasteiger partial charge in [-0.2, -0.15) is 0 Å². The van der Waals surface area contributed by atoms with Crippen LogP contribution in [0.3, 0.4) is 0 Å². The minimum atomic E-state index is -0.658. The van der Waals surface area contributed by atoms with Crippen molar-refractivity contribution >= 4 is 29.1 Å². The first-order valence-electron chi connectivity index (χ1n) is 9.52. The second-order valence-electron chi connectivity index (χ2n) is 7.50. The molecule has 0 saturated heterocycles. The van der Waals surface area contributed by atoms with Crippen molar-refractivity contribution in [3.05, 3.63) is 23.8 Å². The maximum absolute atomic E-state index is 12.5. The molecule has 1 saturated carbocycles. The van der Waals surface area contributed by atoms with E-state index in [1.54, 1.807) is 17.0 Å². The third kappa shape index (κ3) is 4.06. The SMILES string of the molecule is CC(C)C(=O)N1CCCc2ccc(NC(=O)C(=O)NC3CCCC3)cc21. The molecule has 0 bridgehead atoms. The van der Waals surface area contributed by atoms with Gasteiger partial charge in [-0.1, -0.05) is 32.8 Å². The molecule has 0 aromatic heterocycles. The van der Waals surface area contributed by atoms with Crippen molar-refractivity contribution in [3.63, 3.8) is 0 Å².